The van der Waals surface area contributed by atoms with Crippen molar-refractivity contribution in [3.05, 3.63) is 164 Å². The van der Waals surface area contributed by atoms with E-state index in [1.165, 1.54) is 22.0 Å². The second-order valence-electron chi connectivity index (χ2n) is 13.4. The quantitative estimate of drug-likeness (QED) is 0.118. The number of pyridine rings is 2. The topological polar surface area (TPSA) is 38.9 Å². The van der Waals surface area contributed by atoms with Crippen LogP contribution in [0.3, 0.4) is 0 Å². The van der Waals surface area contributed by atoms with Crippen LogP contribution in [-0.2, 0) is 6.67 Å². The molecular formula is C47H51N5. The second kappa shape index (κ2) is 16.8. The van der Waals surface area contributed by atoms with Crippen LogP contribution in [-0.4, -0.2) is 38.1 Å². The predicted octanol–water partition coefficient (Wildman–Crippen LogP) is 12.1. The van der Waals surface area contributed by atoms with Gasteiger partial charge in [0, 0.05) is 36.3 Å². The third kappa shape index (κ3) is 8.16. The van der Waals surface area contributed by atoms with E-state index in [1.807, 2.05) is 37.2 Å². The molecule has 3 aromatic carbocycles. The van der Waals surface area contributed by atoms with Gasteiger partial charge in [-0.3, -0.25) is 9.97 Å². The third-order valence-electron chi connectivity index (χ3n) is 8.98. The number of aryl methyl sites for hydroxylation is 2. The number of benzene rings is 3. The van der Waals surface area contributed by atoms with Crippen molar-refractivity contribution in [3.8, 4) is 11.1 Å². The molecule has 7 aromatic rings. The predicted molar refractivity (Wildman–Crippen MR) is 227 cm³/mol. The molecule has 4 heterocycles. The van der Waals surface area contributed by atoms with Crippen molar-refractivity contribution in [3.63, 3.8) is 0 Å². The zero-order valence-electron chi connectivity index (χ0n) is 31.8. The summed E-state index contributed by atoms with van der Waals surface area (Å²) < 4.78 is 4.78. The van der Waals surface area contributed by atoms with Gasteiger partial charge >= 0.3 is 0 Å². The van der Waals surface area contributed by atoms with Crippen LogP contribution in [0.15, 0.2) is 147 Å². The Kier molecular flexibility index (Phi) is 12.1. The molecular weight excluding hydrogens is 635 g/mol. The first-order valence-electron chi connectivity index (χ1n) is 17.8. The zero-order valence-corrected chi connectivity index (χ0v) is 31.8. The highest BCUT2D eigenvalue weighted by Crippen LogP contribution is 2.35. The monoisotopic (exact) mass is 685 g/mol. The van der Waals surface area contributed by atoms with Gasteiger partial charge in [-0.05, 0) is 104 Å². The van der Waals surface area contributed by atoms with Crippen molar-refractivity contribution >= 4 is 49.4 Å². The van der Waals surface area contributed by atoms with Gasteiger partial charge in [0.2, 0.25) is 0 Å². The summed E-state index contributed by atoms with van der Waals surface area (Å²) in [6.45, 7) is 21.9. The van der Waals surface area contributed by atoms with Gasteiger partial charge < -0.3 is 14.0 Å². The second-order valence-corrected chi connectivity index (χ2v) is 13.4. The number of hydrogen-bond acceptors (Lipinski definition) is 3. The van der Waals surface area contributed by atoms with Crippen LogP contribution in [0.25, 0.3) is 60.6 Å². The molecule has 52 heavy (non-hydrogen) atoms. The fraction of sp³-hybridized carbons (Fsp3) is 0.191. The summed E-state index contributed by atoms with van der Waals surface area (Å²) >= 11 is 0. The number of rotatable bonds is 8. The zero-order chi connectivity index (χ0) is 37.4. The summed E-state index contributed by atoms with van der Waals surface area (Å²) in [6, 6.07) is 32.6. The Balaban J connectivity index is 0.000000464. The van der Waals surface area contributed by atoms with Crippen molar-refractivity contribution in [2.24, 2.45) is 5.92 Å². The molecule has 0 unspecified atom stereocenters. The van der Waals surface area contributed by atoms with E-state index in [1.54, 1.807) is 6.20 Å². The molecule has 4 aromatic heterocycles. The van der Waals surface area contributed by atoms with Crippen molar-refractivity contribution in [2.75, 3.05) is 14.1 Å². The molecule has 7 rings (SSSR count). The Morgan fingerprint density at radius 1 is 0.712 bits per heavy atom. The van der Waals surface area contributed by atoms with Crippen LogP contribution < -0.4 is 0 Å². The van der Waals surface area contributed by atoms with E-state index < -0.39 is 0 Å². The number of allylic oxidation sites excluding steroid dienone is 6. The van der Waals surface area contributed by atoms with E-state index in [-0.39, 0.29) is 0 Å². The van der Waals surface area contributed by atoms with Crippen LogP contribution in [0, 0.1) is 19.8 Å². The van der Waals surface area contributed by atoms with E-state index in [0.29, 0.717) is 12.6 Å². The lowest BCUT2D eigenvalue weighted by atomic mass is 10.0. The maximum atomic E-state index is 5.03. The highest BCUT2D eigenvalue weighted by molar-refractivity contribution is 6.09. The first kappa shape index (κ1) is 37.3. The van der Waals surface area contributed by atoms with Crippen molar-refractivity contribution in [2.45, 2.75) is 41.3 Å². The fourth-order valence-corrected chi connectivity index (χ4v) is 6.08. The van der Waals surface area contributed by atoms with E-state index in [0.717, 1.165) is 55.5 Å². The molecule has 5 heteroatoms. The Morgan fingerprint density at radius 3 is 1.73 bits per heavy atom. The molecule has 0 bridgehead atoms. The summed E-state index contributed by atoms with van der Waals surface area (Å²) in [6.07, 6.45) is 11.7. The van der Waals surface area contributed by atoms with Crippen molar-refractivity contribution in [1.29, 1.82) is 0 Å². The van der Waals surface area contributed by atoms with E-state index in [9.17, 15) is 0 Å². The van der Waals surface area contributed by atoms with Crippen LogP contribution in [0.1, 0.15) is 37.7 Å². The average molecular weight is 686 g/mol. The minimum atomic E-state index is 0.645. The van der Waals surface area contributed by atoms with Crippen molar-refractivity contribution in [1.82, 2.24) is 24.0 Å². The smallest absolute Gasteiger partial charge is 0.100 e. The van der Waals surface area contributed by atoms with Crippen LogP contribution in [0.4, 0.5) is 0 Å². The van der Waals surface area contributed by atoms with Gasteiger partial charge in [-0.15, -0.1) is 6.58 Å². The number of aromatic nitrogens is 4. The Hall–Kier alpha value is -5.94. The summed E-state index contributed by atoms with van der Waals surface area (Å²) in [5.74, 6) is 0.648. The summed E-state index contributed by atoms with van der Waals surface area (Å²) in [5, 5.41) is 2.32. The van der Waals surface area contributed by atoms with Gasteiger partial charge in [0.15, 0.2) is 0 Å². The van der Waals surface area contributed by atoms with Crippen LogP contribution in [0.5, 0.6) is 0 Å². The maximum absolute atomic E-state index is 5.03. The molecule has 0 aliphatic rings. The lowest BCUT2D eigenvalue weighted by Gasteiger charge is -2.13. The third-order valence-corrected chi connectivity index (χ3v) is 8.98. The molecule has 264 valence electrons. The summed E-state index contributed by atoms with van der Waals surface area (Å²) in [7, 11) is 3.88. The van der Waals surface area contributed by atoms with Crippen LogP contribution >= 0.6 is 0 Å². The molecule has 0 spiro atoms. The first-order valence-corrected chi connectivity index (χ1v) is 17.8. The molecule has 0 saturated heterocycles. The molecule has 0 saturated carbocycles. The molecule has 0 N–H and O–H groups in total. The average Bonchev–Trinajstić information content (AvgIpc) is 3.63. The fourth-order valence-electron chi connectivity index (χ4n) is 6.08. The van der Waals surface area contributed by atoms with Gasteiger partial charge in [-0.1, -0.05) is 99.9 Å². The van der Waals surface area contributed by atoms with Gasteiger partial charge in [-0.2, -0.15) is 0 Å². The van der Waals surface area contributed by atoms with Crippen molar-refractivity contribution < 1.29 is 0 Å². The van der Waals surface area contributed by atoms with Gasteiger partial charge in [-0.25, -0.2) is 0 Å². The molecule has 0 amide bonds. The Bertz CT molecular complexity index is 2400. The SMILES string of the molecule is C=C/C=C\C(=C/C)c1ccc2c(c1)c1nc(C)ccc1n2Cn1c2ccc(-c3ccccc3)cc2c2nc(C)ccc21.C=CC(C)C.C=CN(C)C. The molecule has 0 aliphatic heterocycles. The highest BCUT2D eigenvalue weighted by atomic mass is 15.2. The number of hydrogen-bond donors (Lipinski definition) is 0. The molecule has 0 fully saturated rings. The van der Waals surface area contributed by atoms with E-state index in [2.05, 4.69) is 167 Å². The number of fused-ring (bicyclic) bond motifs is 6. The summed E-state index contributed by atoms with van der Waals surface area (Å²) in [4.78, 5) is 11.9. The van der Waals surface area contributed by atoms with Gasteiger partial charge in [0.1, 0.15) is 6.67 Å². The molecule has 0 atom stereocenters. The van der Waals surface area contributed by atoms with E-state index in [4.69, 9.17) is 9.97 Å². The number of nitrogens with zero attached hydrogens (tertiary/aromatic N) is 5. The Morgan fingerprint density at radius 2 is 1.23 bits per heavy atom. The van der Waals surface area contributed by atoms with Crippen LogP contribution in [0.2, 0.25) is 0 Å². The minimum Gasteiger partial charge on any atom is -0.384 e. The van der Waals surface area contributed by atoms with Gasteiger partial charge in [0.25, 0.3) is 0 Å². The minimum absolute atomic E-state index is 0.645. The lowest BCUT2D eigenvalue weighted by Crippen LogP contribution is -2.08. The Labute approximate surface area is 309 Å². The molecule has 0 radical (unpaired) electrons. The molecule has 0 aliphatic carbocycles. The highest BCUT2D eigenvalue weighted by Gasteiger charge is 2.18. The lowest BCUT2D eigenvalue weighted by molar-refractivity contribution is 0.566. The normalized spacial score (nSPS) is 11.5. The van der Waals surface area contributed by atoms with Gasteiger partial charge in [0.05, 0.1) is 33.1 Å². The largest absolute Gasteiger partial charge is 0.384 e. The maximum Gasteiger partial charge on any atom is 0.100 e. The summed E-state index contributed by atoms with van der Waals surface area (Å²) in [5.41, 5.74) is 13.4. The molecule has 5 nitrogen and oxygen atoms in total. The van der Waals surface area contributed by atoms with E-state index >= 15 is 0 Å². The first-order chi connectivity index (χ1) is 25.1. The standard InChI is InChI=1S/C38H32N4.C5H10.C4H9N/c1-5-7-11-27(6-2)29-16-20-33-31(22-29)37-35(18-14-25(3)39-37)41(33)24-42-34-21-17-30(28-12-9-8-10-13-28)23-32(34)38-36(42)19-15-26(4)40-38;2*1-4-5(2)3/h5-23H,1,24H2,2-4H3;4-5H,1H2,2-3H3;4H,1H2,2-3H3/b11-7-,27-6+;;.